The number of amides is 2. The maximum Gasteiger partial charge on any atom is 0.274 e. The van der Waals surface area contributed by atoms with Gasteiger partial charge in [0.1, 0.15) is 0 Å². The average Bonchev–Trinajstić information content (AvgIpc) is 2.41. The van der Waals surface area contributed by atoms with Gasteiger partial charge in [-0.1, -0.05) is 6.07 Å². The number of hydrogen-bond acceptors (Lipinski definition) is 4. The molecule has 0 aromatic heterocycles. The molecule has 1 saturated heterocycles. The van der Waals surface area contributed by atoms with Gasteiger partial charge in [-0.2, -0.15) is 0 Å². The van der Waals surface area contributed by atoms with E-state index in [-0.39, 0.29) is 23.4 Å². The smallest absolute Gasteiger partial charge is 0.274 e. The molecular weight excluding hydrogens is 262 g/mol. The summed E-state index contributed by atoms with van der Waals surface area (Å²) in [6, 6.07) is 4.56. The fourth-order valence-electron chi connectivity index (χ4n) is 2.08. The van der Waals surface area contributed by atoms with Crippen molar-refractivity contribution in [1.29, 1.82) is 0 Å². The monoisotopic (exact) mass is 277 g/mol. The Morgan fingerprint density at radius 3 is 2.85 bits per heavy atom. The van der Waals surface area contributed by atoms with Crippen molar-refractivity contribution in [2.45, 2.75) is 19.8 Å². The summed E-state index contributed by atoms with van der Waals surface area (Å²) in [5.74, 6) is -0.587. The summed E-state index contributed by atoms with van der Waals surface area (Å²) in [4.78, 5) is 33.4. The van der Waals surface area contributed by atoms with E-state index in [2.05, 4.69) is 10.6 Å². The van der Waals surface area contributed by atoms with Gasteiger partial charge in [-0.05, 0) is 19.4 Å². The van der Waals surface area contributed by atoms with Crippen LogP contribution in [0.2, 0.25) is 0 Å². The number of nitrogens with zero attached hydrogens (tertiary/aromatic N) is 1. The standard InChI is InChI=1S/C13H15N3O4/c1-8-2-4-10(6-11(8)16(19)20)15-13(18)9-3-5-12(17)14-7-9/h2,4,6,9H,3,5,7H2,1H3,(H,14,17)(H,15,18). The second kappa shape index (κ2) is 5.68. The molecule has 0 bridgehead atoms. The summed E-state index contributed by atoms with van der Waals surface area (Å²) in [5.41, 5.74) is 0.905. The molecule has 2 N–H and O–H groups in total. The molecule has 1 aromatic carbocycles. The van der Waals surface area contributed by atoms with Gasteiger partial charge in [0.05, 0.1) is 10.8 Å². The van der Waals surface area contributed by atoms with E-state index in [1.165, 1.54) is 6.07 Å². The highest BCUT2D eigenvalue weighted by Gasteiger charge is 2.24. The van der Waals surface area contributed by atoms with Crippen LogP contribution >= 0.6 is 0 Å². The Kier molecular flexibility index (Phi) is 3.97. The number of nitro benzene ring substituents is 1. The topological polar surface area (TPSA) is 101 Å². The van der Waals surface area contributed by atoms with Crippen LogP contribution in [0.15, 0.2) is 18.2 Å². The Labute approximate surface area is 115 Å². The average molecular weight is 277 g/mol. The van der Waals surface area contributed by atoms with Crippen LogP contribution in [0.1, 0.15) is 18.4 Å². The van der Waals surface area contributed by atoms with Crippen LogP contribution in [-0.4, -0.2) is 23.3 Å². The third-order valence-corrected chi connectivity index (χ3v) is 3.31. The van der Waals surface area contributed by atoms with Crippen molar-refractivity contribution in [1.82, 2.24) is 5.32 Å². The van der Waals surface area contributed by atoms with Gasteiger partial charge in [0.2, 0.25) is 11.8 Å². The zero-order valence-electron chi connectivity index (χ0n) is 11.0. The van der Waals surface area contributed by atoms with Crippen molar-refractivity contribution in [3.63, 3.8) is 0 Å². The van der Waals surface area contributed by atoms with Crippen molar-refractivity contribution >= 4 is 23.2 Å². The molecule has 106 valence electrons. The number of carbonyl (C=O) groups is 2. The highest BCUT2D eigenvalue weighted by Crippen LogP contribution is 2.23. The van der Waals surface area contributed by atoms with Crippen molar-refractivity contribution in [2.24, 2.45) is 5.92 Å². The summed E-state index contributed by atoms with van der Waals surface area (Å²) >= 11 is 0. The highest BCUT2D eigenvalue weighted by molar-refractivity contribution is 5.94. The Hall–Kier alpha value is -2.44. The van der Waals surface area contributed by atoms with Crippen LogP contribution in [0.4, 0.5) is 11.4 Å². The van der Waals surface area contributed by atoms with E-state index in [1.807, 2.05) is 0 Å². The molecule has 1 aliphatic rings. The summed E-state index contributed by atoms with van der Waals surface area (Å²) in [5, 5.41) is 16.1. The fourth-order valence-corrected chi connectivity index (χ4v) is 2.08. The first-order valence-corrected chi connectivity index (χ1v) is 6.30. The number of piperidine rings is 1. The zero-order chi connectivity index (χ0) is 14.7. The van der Waals surface area contributed by atoms with Crippen LogP contribution in [-0.2, 0) is 9.59 Å². The van der Waals surface area contributed by atoms with Crippen LogP contribution in [0.3, 0.4) is 0 Å². The molecule has 1 unspecified atom stereocenters. The van der Waals surface area contributed by atoms with Crippen molar-refractivity contribution in [2.75, 3.05) is 11.9 Å². The van der Waals surface area contributed by atoms with E-state index in [0.29, 0.717) is 30.6 Å². The lowest BCUT2D eigenvalue weighted by Crippen LogP contribution is -2.40. The van der Waals surface area contributed by atoms with E-state index in [0.717, 1.165) is 0 Å². The van der Waals surface area contributed by atoms with Crippen molar-refractivity contribution < 1.29 is 14.5 Å². The highest BCUT2D eigenvalue weighted by atomic mass is 16.6. The molecule has 2 rings (SSSR count). The fraction of sp³-hybridized carbons (Fsp3) is 0.385. The number of nitro groups is 1. The van der Waals surface area contributed by atoms with Gasteiger partial charge in [-0.15, -0.1) is 0 Å². The summed E-state index contributed by atoms with van der Waals surface area (Å²) in [6.45, 7) is 1.94. The van der Waals surface area contributed by atoms with Crippen molar-refractivity contribution in [3.05, 3.63) is 33.9 Å². The molecule has 2 amide bonds. The lowest BCUT2D eigenvalue weighted by atomic mass is 9.98. The molecule has 20 heavy (non-hydrogen) atoms. The molecule has 1 aromatic rings. The van der Waals surface area contributed by atoms with Gasteiger partial charge in [-0.25, -0.2) is 0 Å². The molecule has 0 spiro atoms. The van der Waals surface area contributed by atoms with Crippen LogP contribution in [0.5, 0.6) is 0 Å². The molecule has 1 atom stereocenters. The summed E-state index contributed by atoms with van der Waals surface area (Å²) in [6.07, 6.45) is 0.817. The summed E-state index contributed by atoms with van der Waals surface area (Å²) < 4.78 is 0. The second-order valence-corrected chi connectivity index (χ2v) is 4.79. The van der Waals surface area contributed by atoms with Gasteiger partial charge in [-0.3, -0.25) is 19.7 Å². The number of hydrogen-bond donors (Lipinski definition) is 2. The molecular formula is C13H15N3O4. The van der Waals surface area contributed by atoms with Crippen LogP contribution < -0.4 is 10.6 Å². The lowest BCUT2D eigenvalue weighted by Gasteiger charge is -2.21. The number of aryl methyl sites for hydroxylation is 1. The normalized spacial score (nSPS) is 18.2. The van der Waals surface area contributed by atoms with E-state index >= 15 is 0 Å². The third kappa shape index (κ3) is 3.11. The molecule has 0 aliphatic carbocycles. The number of rotatable bonds is 3. The molecule has 1 aliphatic heterocycles. The second-order valence-electron chi connectivity index (χ2n) is 4.79. The Morgan fingerprint density at radius 1 is 1.50 bits per heavy atom. The Balaban J connectivity index is 2.06. The van der Waals surface area contributed by atoms with E-state index < -0.39 is 4.92 Å². The van der Waals surface area contributed by atoms with Crippen LogP contribution in [0.25, 0.3) is 0 Å². The minimum atomic E-state index is -0.480. The minimum Gasteiger partial charge on any atom is -0.355 e. The first-order valence-electron chi connectivity index (χ1n) is 6.30. The van der Waals surface area contributed by atoms with Gasteiger partial charge in [0.15, 0.2) is 0 Å². The number of nitrogens with one attached hydrogen (secondary N) is 2. The molecule has 1 heterocycles. The largest absolute Gasteiger partial charge is 0.355 e. The zero-order valence-corrected chi connectivity index (χ0v) is 11.0. The van der Waals surface area contributed by atoms with Gasteiger partial charge in [0.25, 0.3) is 5.69 Å². The minimum absolute atomic E-state index is 0.0280. The first-order chi connectivity index (χ1) is 9.47. The maximum atomic E-state index is 12.0. The SMILES string of the molecule is Cc1ccc(NC(=O)C2CCC(=O)NC2)cc1[N+](=O)[O-]. The predicted molar refractivity (Wildman–Crippen MR) is 72.2 cm³/mol. The predicted octanol–water partition coefficient (Wildman–Crippen LogP) is 1.37. The molecule has 0 radical (unpaired) electrons. The molecule has 7 heteroatoms. The quantitative estimate of drug-likeness (QED) is 0.643. The maximum absolute atomic E-state index is 12.0. The molecule has 1 fully saturated rings. The van der Waals surface area contributed by atoms with Crippen LogP contribution in [0, 0.1) is 23.0 Å². The summed E-state index contributed by atoms with van der Waals surface area (Å²) in [7, 11) is 0. The first kappa shape index (κ1) is 14.0. The molecule has 0 saturated carbocycles. The lowest BCUT2D eigenvalue weighted by molar-refractivity contribution is -0.385. The number of carbonyl (C=O) groups excluding carboxylic acids is 2. The van der Waals surface area contributed by atoms with Crippen molar-refractivity contribution in [3.8, 4) is 0 Å². The Bertz CT molecular complexity index is 561. The van der Waals surface area contributed by atoms with Gasteiger partial charge in [0, 0.05) is 30.3 Å². The van der Waals surface area contributed by atoms with Gasteiger partial charge < -0.3 is 10.6 Å². The van der Waals surface area contributed by atoms with E-state index in [4.69, 9.17) is 0 Å². The Morgan fingerprint density at radius 2 is 2.25 bits per heavy atom. The van der Waals surface area contributed by atoms with E-state index in [9.17, 15) is 19.7 Å². The van der Waals surface area contributed by atoms with Gasteiger partial charge >= 0.3 is 0 Å². The third-order valence-electron chi connectivity index (χ3n) is 3.31. The number of benzene rings is 1. The van der Waals surface area contributed by atoms with E-state index in [1.54, 1.807) is 19.1 Å². The number of anilines is 1. The molecule has 7 nitrogen and oxygen atoms in total.